The maximum Gasteiger partial charge on any atom is 0.344 e. The second-order valence-corrected chi connectivity index (χ2v) is 5.84. The van der Waals surface area contributed by atoms with Crippen molar-refractivity contribution in [1.29, 1.82) is 5.26 Å². The van der Waals surface area contributed by atoms with E-state index in [-0.39, 0.29) is 12.4 Å². The lowest BCUT2D eigenvalue weighted by molar-refractivity contribution is -0.148. The topological polar surface area (TPSA) is 76.4 Å². The third-order valence-electron chi connectivity index (χ3n) is 3.15. The standard InChI is InChI=1S/C18H14BrNO4/c1-12(18(22)14-4-6-15(19)7-5-14)24-17(21)11-23-16-8-2-13(10-20)3-9-16/h2-9,12H,11H2,1H3/t12-/m0/s1. The lowest BCUT2D eigenvalue weighted by Crippen LogP contribution is -2.27. The molecule has 0 aliphatic rings. The molecule has 0 aromatic heterocycles. The van der Waals surface area contributed by atoms with Crippen molar-refractivity contribution in [3.63, 3.8) is 0 Å². The van der Waals surface area contributed by atoms with Gasteiger partial charge in [0.05, 0.1) is 11.6 Å². The highest BCUT2D eigenvalue weighted by atomic mass is 79.9. The normalized spacial score (nSPS) is 11.2. The van der Waals surface area contributed by atoms with Crippen LogP contribution in [0, 0.1) is 11.3 Å². The van der Waals surface area contributed by atoms with Crippen LogP contribution in [-0.2, 0) is 9.53 Å². The van der Waals surface area contributed by atoms with Gasteiger partial charge in [-0.15, -0.1) is 0 Å². The van der Waals surface area contributed by atoms with Gasteiger partial charge in [-0.2, -0.15) is 5.26 Å². The Bertz CT molecular complexity index is 763. The van der Waals surface area contributed by atoms with Crippen LogP contribution in [0.2, 0.25) is 0 Å². The van der Waals surface area contributed by atoms with E-state index in [9.17, 15) is 9.59 Å². The zero-order chi connectivity index (χ0) is 17.5. The molecule has 0 saturated carbocycles. The summed E-state index contributed by atoms with van der Waals surface area (Å²) >= 11 is 3.29. The highest BCUT2D eigenvalue weighted by molar-refractivity contribution is 9.10. The number of nitriles is 1. The van der Waals surface area contributed by atoms with E-state index in [4.69, 9.17) is 14.7 Å². The first-order valence-corrected chi connectivity index (χ1v) is 7.91. The van der Waals surface area contributed by atoms with Gasteiger partial charge in [-0.05, 0) is 43.3 Å². The Balaban J connectivity index is 1.85. The molecule has 0 N–H and O–H groups in total. The van der Waals surface area contributed by atoms with Crippen molar-refractivity contribution in [3.8, 4) is 11.8 Å². The fourth-order valence-electron chi connectivity index (χ4n) is 1.90. The van der Waals surface area contributed by atoms with E-state index in [2.05, 4.69) is 15.9 Å². The molecular formula is C18H14BrNO4. The number of carbonyl (C=O) groups is 2. The van der Waals surface area contributed by atoms with Gasteiger partial charge in [0.2, 0.25) is 5.78 Å². The fourth-order valence-corrected chi connectivity index (χ4v) is 2.17. The molecule has 0 fully saturated rings. The largest absolute Gasteiger partial charge is 0.482 e. The molecule has 6 heteroatoms. The summed E-state index contributed by atoms with van der Waals surface area (Å²) in [6.07, 6.45) is -0.900. The number of rotatable bonds is 6. The molecule has 0 bridgehead atoms. The van der Waals surface area contributed by atoms with Crippen LogP contribution < -0.4 is 4.74 Å². The highest BCUT2D eigenvalue weighted by Gasteiger charge is 2.19. The van der Waals surface area contributed by atoms with Gasteiger partial charge in [0.15, 0.2) is 12.7 Å². The summed E-state index contributed by atoms with van der Waals surface area (Å²) in [7, 11) is 0. The Morgan fingerprint density at radius 3 is 2.33 bits per heavy atom. The van der Waals surface area contributed by atoms with E-state index >= 15 is 0 Å². The summed E-state index contributed by atoms with van der Waals surface area (Å²) in [4.78, 5) is 24.0. The predicted molar refractivity (Wildman–Crippen MR) is 90.7 cm³/mol. The van der Waals surface area contributed by atoms with E-state index in [0.29, 0.717) is 16.9 Å². The summed E-state index contributed by atoms with van der Waals surface area (Å²) in [6, 6.07) is 15.1. The Morgan fingerprint density at radius 2 is 1.75 bits per heavy atom. The van der Waals surface area contributed by atoms with Crippen LogP contribution in [-0.4, -0.2) is 24.5 Å². The van der Waals surface area contributed by atoms with Gasteiger partial charge in [0.1, 0.15) is 5.75 Å². The fraction of sp³-hybridized carbons (Fsp3) is 0.167. The van der Waals surface area contributed by atoms with Gasteiger partial charge in [0.25, 0.3) is 0 Å². The average molecular weight is 388 g/mol. The molecule has 1 atom stereocenters. The first-order chi connectivity index (χ1) is 11.5. The van der Waals surface area contributed by atoms with Crippen LogP contribution in [0.25, 0.3) is 0 Å². The Labute approximate surface area is 147 Å². The minimum Gasteiger partial charge on any atom is -0.482 e. The van der Waals surface area contributed by atoms with Crippen molar-refractivity contribution in [2.24, 2.45) is 0 Å². The number of benzene rings is 2. The number of ketones is 1. The van der Waals surface area contributed by atoms with Crippen molar-refractivity contribution < 1.29 is 19.1 Å². The van der Waals surface area contributed by atoms with Crippen molar-refractivity contribution in [3.05, 3.63) is 64.1 Å². The smallest absolute Gasteiger partial charge is 0.344 e. The SMILES string of the molecule is C[C@H](OC(=O)COc1ccc(C#N)cc1)C(=O)c1ccc(Br)cc1. The van der Waals surface area contributed by atoms with Crippen molar-refractivity contribution in [1.82, 2.24) is 0 Å². The minimum atomic E-state index is -0.900. The number of hydrogen-bond donors (Lipinski definition) is 0. The molecule has 122 valence electrons. The van der Waals surface area contributed by atoms with Crippen molar-refractivity contribution in [2.45, 2.75) is 13.0 Å². The molecule has 0 heterocycles. The average Bonchev–Trinajstić information content (AvgIpc) is 2.60. The highest BCUT2D eigenvalue weighted by Crippen LogP contribution is 2.14. The second-order valence-electron chi connectivity index (χ2n) is 4.93. The molecule has 24 heavy (non-hydrogen) atoms. The van der Waals surface area contributed by atoms with E-state index in [0.717, 1.165) is 4.47 Å². The summed E-state index contributed by atoms with van der Waals surface area (Å²) in [5, 5.41) is 8.71. The van der Waals surface area contributed by atoms with Crippen LogP contribution >= 0.6 is 15.9 Å². The van der Waals surface area contributed by atoms with Gasteiger partial charge in [-0.3, -0.25) is 4.79 Å². The van der Waals surface area contributed by atoms with E-state index in [1.807, 2.05) is 6.07 Å². The lowest BCUT2D eigenvalue weighted by Gasteiger charge is -2.13. The first kappa shape index (κ1) is 17.7. The van der Waals surface area contributed by atoms with Crippen molar-refractivity contribution in [2.75, 3.05) is 6.61 Å². The Kier molecular flexibility index (Phi) is 6.10. The van der Waals surface area contributed by atoms with Gasteiger partial charge < -0.3 is 9.47 Å². The molecule has 0 saturated heterocycles. The maximum absolute atomic E-state index is 12.2. The molecule has 0 amide bonds. The summed E-state index contributed by atoms with van der Waals surface area (Å²) in [5.74, 6) is -0.482. The Morgan fingerprint density at radius 1 is 1.12 bits per heavy atom. The van der Waals surface area contributed by atoms with Gasteiger partial charge in [-0.25, -0.2) is 4.79 Å². The second kappa shape index (κ2) is 8.27. The summed E-state index contributed by atoms with van der Waals surface area (Å²) in [6.45, 7) is 1.20. The molecule has 2 aromatic rings. The third kappa shape index (κ3) is 4.93. The number of carbonyl (C=O) groups excluding carboxylic acids is 2. The number of hydrogen-bond acceptors (Lipinski definition) is 5. The van der Waals surface area contributed by atoms with E-state index < -0.39 is 12.1 Å². The van der Waals surface area contributed by atoms with Crippen LogP contribution in [0.4, 0.5) is 0 Å². The van der Waals surface area contributed by atoms with Crippen molar-refractivity contribution >= 4 is 27.7 Å². The zero-order valence-corrected chi connectivity index (χ0v) is 14.4. The molecule has 0 aliphatic carbocycles. The number of ether oxygens (including phenoxy) is 2. The maximum atomic E-state index is 12.2. The summed E-state index contributed by atoms with van der Waals surface area (Å²) < 4.78 is 11.2. The molecule has 0 unspecified atom stereocenters. The zero-order valence-electron chi connectivity index (χ0n) is 12.9. The first-order valence-electron chi connectivity index (χ1n) is 7.12. The molecular weight excluding hydrogens is 374 g/mol. The van der Waals surface area contributed by atoms with Crippen LogP contribution in [0.3, 0.4) is 0 Å². The van der Waals surface area contributed by atoms with Gasteiger partial charge in [0, 0.05) is 10.0 Å². The quantitative estimate of drug-likeness (QED) is 0.559. The van der Waals surface area contributed by atoms with E-state index in [1.54, 1.807) is 48.5 Å². The lowest BCUT2D eigenvalue weighted by atomic mass is 10.1. The van der Waals surface area contributed by atoms with Gasteiger partial charge >= 0.3 is 5.97 Å². The van der Waals surface area contributed by atoms with Crippen LogP contribution in [0.15, 0.2) is 53.0 Å². The van der Waals surface area contributed by atoms with Crippen LogP contribution in [0.5, 0.6) is 5.75 Å². The number of esters is 1. The molecule has 0 radical (unpaired) electrons. The van der Waals surface area contributed by atoms with Crippen LogP contribution in [0.1, 0.15) is 22.8 Å². The van der Waals surface area contributed by atoms with Gasteiger partial charge in [-0.1, -0.05) is 28.1 Å². The van der Waals surface area contributed by atoms with E-state index in [1.165, 1.54) is 6.92 Å². The Hall–Kier alpha value is -2.65. The minimum absolute atomic E-state index is 0.283. The number of halogens is 1. The predicted octanol–water partition coefficient (Wildman–Crippen LogP) is 3.51. The number of Topliss-reactive ketones (excluding diaryl/α,β-unsaturated/α-hetero) is 1. The monoisotopic (exact) mass is 387 g/mol. The summed E-state index contributed by atoms with van der Waals surface area (Å²) in [5.41, 5.74) is 0.963. The molecule has 5 nitrogen and oxygen atoms in total. The molecule has 2 aromatic carbocycles. The molecule has 0 aliphatic heterocycles. The molecule has 0 spiro atoms. The number of nitrogens with zero attached hydrogens (tertiary/aromatic N) is 1. The molecule has 2 rings (SSSR count). The third-order valence-corrected chi connectivity index (χ3v) is 3.67.